The van der Waals surface area contributed by atoms with Gasteiger partial charge in [-0.3, -0.25) is 0 Å². The van der Waals surface area contributed by atoms with Gasteiger partial charge in [-0.25, -0.2) is 10.2 Å². The monoisotopic (exact) mass is 210 g/mol. The number of ether oxygens (including phenoxy) is 1. The fourth-order valence-corrected chi connectivity index (χ4v) is 1.79. The lowest BCUT2D eigenvalue weighted by Crippen LogP contribution is -2.44. The zero-order chi connectivity index (χ0) is 10.7. The number of nitrogens with zero attached hydrogens (tertiary/aromatic N) is 1. The van der Waals surface area contributed by atoms with Crippen LogP contribution in [0.5, 0.6) is 0 Å². The van der Waals surface area contributed by atoms with Crippen molar-refractivity contribution in [2.45, 2.75) is 18.9 Å². The Morgan fingerprint density at radius 2 is 1.80 bits per heavy atom. The second kappa shape index (κ2) is 4.59. The SMILES string of the molecule is NN(c1ccc(F)cc1)C1CCOCC1. The molecule has 3 nitrogen and oxygen atoms in total. The van der Waals surface area contributed by atoms with E-state index in [0.717, 1.165) is 31.7 Å². The Bertz CT molecular complexity index is 309. The Labute approximate surface area is 88.6 Å². The first kappa shape index (κ1) is 10.4. The smallest absolute Gasteiger partial charge is 0.123 e. The van der Waals surface area contributed by atoms with Crippen molar-refractivity contribution in [3.63, 3.8) is 0 Å². The molecule has 1 fully saturated rings. The molecule has 0 saturated carbocycles. The van der Waals surface area contributed by atoms with Gasteiger partial charge in [0.05, 0.1) is 5.69 Å². The van der Waals surface area contributed by atoms with Crippen molar-refractivity contribution in [1.29, 1.82) is 0 Å². The van der Waals surface area contributed by atoms with Crippen molar-refractivity contribution in [3.8, 4) is 0 Å². The summed E-state index contributed by atoms with van der Waals surface area (Å²) in [5.74, 6) is 5.74. The third kappa shape index (κ3) is 2.46. The highest BCUT2D eigenvalue weighted by Gasteiger charge is 2.19. The number of hydrogen-bond donors (Lipinski definition) is 1. The summed E-state index contributed by atoms with van der Waals surface area (Å²) in [7, 11) is 0. The molecule has 0 radical (unpaired) electrons. The Kier molecular flexibility index (Phi) is 3.18. The molecule has 1 saturated heterocycles. The summed E-state index contributed by atoms with van der Waals surface area (Å²) in [6.07, 6.45) is 1.85. The van der Waals surface area contributed by atoms with Crippen LogP contribution in [0.4, 0.5) is 10.1 Å². The summed E-state index contributed by atoms with van der Waals surface area (Å²) >= 11 is 0. The maximum absolute atomic E-state index is 12.7. The van der Waals surface area contributed by atoms with Gasteiger partial charge in [0.25, 0.3) is 0 Å². The van der Waals surface area contributed by atoms with Gasteiger partial charge in [-0.05, 0) is 37.1 Å². The van der Waals surface area contributed by atoms with Crippen LogP contribution >= 0.6 is 0 Å². The molecule has 0 bridgehead atoms. The minimum atomic E-state index is -0.237. The number of hydrazine groups is 1. The average Bonchev–Trinajstić information content (AvgIpc) is 2.30. The van der Waals surface area contributed by atoms with Gasteiger partial charge in [0.15, 0.2) is 0 Å². The standard InChI is InChI=1S/C11H15FN2O/c12-9-1-3-10(4-2-9)14(13)11-5-7-15-8-6-11/h1-4,11H,5-8,13H2. The van der Waals surface area contributed by atoms with Gasteiger partial charge >= 0.3 is 0 Å². The normalized spacial score (nSPS) is 17.7. The molecule has 82 valence electrons. The maximum Gasteiger partial charge on any atom is 0.123 e. The van der Waals surface area contributed by atoms with Crippen molar-refractivity contribution in [2.24, 2.45) is 5.84 Å². The van der Waals surface area contributed by atoms with Crippen LogP contribution in [0.2, 0.25) is 0 Å². The minimum Gasteiger partial charge on any atom is -0.381 e. The fraction of sp³-hybridized carbons (Fsp3) is 0.455. The third-order valence-corrected chi connectivity index (χ3v) is 2.71. The Hall–Kier alpha value is -1.13. The molecular weight excluding hydrogens is 195 g/mol. The molecule has 2 rings (SSSR count). The first-order chi connectivity index (χ1) is 7.27. The zero-order valence-corrected chi connectivity index (χ0v) is 8.53. The van der Waals surface area contributed by atoms with Gasteiger partial charge in [0.2, 0.25) is 0 Å². The van der Waals surface area contributed by atoms with Gasteiger partial charge in [0, 0.05) is 19.3 Å². The molecule has 1 heterocycles. The topological polar surface area (TPSA) is 38.5 Å². The Morgan fingerprint density at radius 1 is 1.20 bits per heavy atom. The number of nitrogens with two attached hydrogens (primary N) is 1. The zero-order valence-electron chi connectivity index (χ0n) is 8.53. The highest BCUT2D eigenvalue weighted by molar-refractivity contribution is 5.45. The number of anilines is 1. The average molecular weight is 210 g/mol. The first-order valence-electron chi connectivity index (χ1n) is 5.14. The van der Waals surface area contributed by atoms with Gasteiger partial charge < -0.3 is 9.75 Å². The van der Waals surface area contributed by atoms with Crippen LogP contribution in [-0.2, 0) is 4.74 Å². The second-order valence-corrected chi connectivity index (χ2v) is 3.73. The van der Waals surface area contributed by atoms with Gasteiger partial charge in [-0.15, -0.1) is 0 Å². The van der Waals surface area contributed by atoms with Crippen LogP contribution < -0.4 is 10.9 Å². The molecule has 0 aromatic heterocycles. The van der Waals surface area contributed by atoms with E-state index in [9.17, 15) is 4.39 Å². The van der Waals surface area contributed by atoms with E-state index in [1.807, 2.05) is 0 Å². The molecule has 15 heavy (non-hydrogen) atoms. The van der Waals surface area contributed by atoms with Crippen molar-refractivity contribution < 1.29 is 9.13 Å². The highest BCUT2D eigenvalue weighted by Crippen LogP contribution is 2.19. The highest BCUT2D eigenvalue weighted by atomic mass is 19.1. The van der Waals surface area contributed by atoms with E-state index in [2.05, 4.69) is 0 Å². The number of benzene rings is 1. The van der Waals surface area contributed by atoms with E-state index in [1.54, 1.807) is 17.1 Å². The van der Waals surface area contributed by atoms with E-state index in [1.165, 1.54) is 12.1 Å². The molecule has 0 amide bonds. The molecule has 1 aliphatic heterocycles. The van der Waals surface area contributed by atoms with Crippen molar-refractivity contribution >= 4 is 5.69 Å². The predicted octanol–water partition coefficient (Wildman–Crippen LogP) is 1.68. The molecule has 0 atom stereocenters. The van der Waals surface area contributed by atoms with Crippen molar-refractivity contribution in [3.05, 3.63) is 30.1 Å². The second-order valence-electron chi connectivity index (χ2n) is 3.73. The predicted molar refractivity (Wildman–Crippen MR) is 56.9 cm³/mol. The van der Waals surface area contributed by atoms with Crippen LogP contribution in [0.3, 0.4) is 0 Å². The van der Waals surface area contributed by atoms with E-state index < -0.39 is 0 Å². The lowest BCUT2D eigenvalue weighted by molar-refractivity contribution is 0.0844. The summed E-state index contributed by atoms with van der Waals surface area (Å²) in [5, 5.41) is 1.71. The van der Waals surface area contributed by atoms with Crippen LogP contribution in [-0.4, -0.2) is 19.3 Å². The largest absolute Gasteiger partial charge is 0.381 e. The molecular formula is C11H15FN2O. The quantitative estimate of drug-likeness (QED) is 0.596. The molecule has 0 spiro atoms. The molecule has 1 aromatic rings. The summed E-state index contributed by atoms with van der Waals surface area (Å²) in [5.41, 5.74) is 0.850. The van der Waals surface area contributed by atoms with Crippen molar-refractivity contribution in [1.82, 2.24) is 0 Å². The number of halogens is 1. The van der Waals surface area contributed by atoms with E-state index in [-0.39, 0.29) is 5.82 Å². The number of rotatable bonds is 2. The van der Waals surface area contributed by atoms with Crippen LogP contribution in [0, 0.1) is 5.82 Å². The lowest BCUT2D eigenvalue weighted by Gasteiger charge is -2.32. The van der Waals surface area contributed by atoms with Gasteiger partial charge in [-0.1, -0.05) is 0 Å². The fourth-order valence-electron chi connectivity index (χ4n) is 1.79. The summed E-state index contributed by atoms with van der Waals surface area (Å²) < 4.78 is 18.0. The van der Waals surface area contributed by atoms with Crippen LogP contribution in [0.25, 0.3) is 0 Å². The molecule has 0 aliphatic carbocycles. The third-order valence-electron chi connectivity index (χ3n) is 2.71. The molecule has 4 heteroatoms. The summed E-state index contributed by atoms with van der Waals surface area (Å²) in [6, 6.07) is 6.54. The molecule has 1 aliphatic rings. The Balaban J connectivity index is 2.05. The first-order valence-corrected chi connectivity index (χ1v) is 5.14. The Morgan fingerprint density at radius 3 is 2.40 bits per heavy atom. The van der Waals surface area contributed by atoms with E-state index in [4.69, 9.17) is 10.6 Å². The lowest BCUT2D eigenvalue weighted by atomic mass is 10.1. The summed E-state index contributed by atoms with van der Waals surface area (Å²) in [4.78, 5) is 0. The summed E-state index contributed by atoms with van der Waals surface area (Å²) in [6.45, 7) is 1.50. The molecule has 1 aromatic carbocycles. The van der Waals surface area contributed by atoms with Gasteiger partial charge in [0.1, 0.15) is 5.82 Å². The molecule has 2 N–H and O–H groups in total. The minimum absolute atomic E-state index is 0.237. The van der Waals surface area contributed by atoms with Crippen molar-refractivity contribution in [2.75, 3.05) is 18.2 Å². The number of hydrogen-bond acceptors (Lipinski definition) is 3. The van der Waals surface area contributed by atoms with Gasteiger partial charge in [-0.2, -0.15) is 0 Å². The van der Waals surface area contributed by atoms with Crippen LogP contribution in [0.1, 0.15) is 12.8 Å². The molecule has 0 unspecified atom stereocenters. The van der Waals surface area contributed by atoms with Crippen LogP contribution in [0.15, 0.2) is 24.3 Å². The maximum atomic E-state index is 12.7. The van der Waals surface area contributed by atoms with E-state index >= 15 is 0 Å². The van der Waals surface area contributed by atoms with E-state index in [0.29, 0.717) is 6.04 Å².